The van der Waals surface area contributed by atoms with Crippen molar-refractivity contribution in [1.29, 1.82) is 0 Å². The smallest absolute Gasteiger partial charge is 0.412 e. The zero-order valence-electron chi connectivity index (χ0n) is 7.34. The summed E-state index contributed by atoms with van der Waals surface area (Å²) in [6.45, 7) is 0. The van der Waals surface area contributed by atoms with E-state index in [9.17, 15) is 18.0 Å². The van der Waals surface area contributed by atoms with Crippen LogP contribution in [0, 0.1) is 0 Å². The van der Waals surface area contributed by atoms with E-state index in [-0.39, 0.29) is 5.75 Å². The molecular formula is C8H7F3N2O2. The molecule has 0 saturated carbocycles. The molecule has 0 bridgehead atoms. The van der Waals surface area contributed by atoms with E-state index in [1.165, 1.54) is 0 Å². The van der Waals surface area contributed by atoms with Gasteiger partial charge in [0.15, 0.2) is 0 Å². The van der Waals surface area contributed by atoms with Gasteiger partial charge in [0.2, 0.25) is 5.91 Å². The van der Waals surface area contributed by atoms with Crippen LogP contribution in [0.2, 0.25) is 0 Å². The molecule has 0 aromatic heterocycles. The molecule has 0 radical (unpaired) electrons. The van der Waals surface area contributed by atoms with Crippen molar-refractivity contribution in [2.75, 3.05) is 0 Å². The number of hydrogen-bond donors (Lipinski definition) is 2. The molecule has 0 saturated heterocycles. The molecule has 0 fully saturated rings. The fourth-order valence-electron chi connectivity index (χ4n) is 1.05. The van der Waals surface area contributed by atoms with Crippen molar-refractivity contribution >= 4 is 5.91 Å². The van der Waals surface area contributed by atoms with Gasteiger partial charge in [0.1, 0.15) is 5.75 Å². The average molecular weight is 220 g/mol. The number of alkyl halides is 3. The van der Waals surface area contributed by atoms with E-state index in [4.69, 9.17) is 11.6 Å². The van der Waals surface area contributed by atoms with Crippen molar-refractivity contribution in [2.24, 2.45) is 11.6 Å². The highest BCUT2D eigenvalue weighted by molar-refractivity contribution is 5.94. The summed E-state index contributed by atoms with van der Waals surface area (Å²) < 4.78 is 37.3. The highest BCUT2D eigenvalue weighted by Gasteiger charge is 2.35. The van der Waals surface area contributed by atoms with Gasteiger partial charge in [0, 0.05) is 0 Å². The lowest BCUT2D eigenvalue weighted by atomic mass is 10.1. The van der Waals surface area contributed by atoms with Crippen LogP contribution in [0.3, 0.4) is 0 Å². The molecule has 15 heavy (non-hydrogen) atoms. The summed E-state index contributed by atoms with van der Waals surface area (Å²) in [4.78, 5) is 14.9. The predicted octanol–water partition coefficient (Wildman–Crippen LogP) is 1.06. The molecule has 1 rings (SSSR count). The largest absolute Gasteiger partial charge is 0.417 e. The van der Waals surface area contributed by atoms with Crippen molar-refractivity contribution in [3.8, 4) is 5.75 Å². The van der Waals surface area contributed by atoms with E-state index in [1.807, 2.05) is 0 Å². The SMILES string of the molecule is NOc1ccc(C(N)=O)c(C(F)(F)F)c1. The second-order valence-electron chi connectivity index (χ2n) is 2.69. The second-order valence-corrected chi connectivity index (χ2v) is 2.69. The zero-order chi connectivity index (χ0) is 11.6. The summed E-state index contributed by atoms with van der Waals surface area (Å²) in [6, 6.07) is 2.64. The van der Waals surface area contributed by atoms with Gasteiger partial charge in [-0.25, -0.2) is 0 Å². The van der Waals surface area contributed by atoms with Crippen LogP contribution in [0.15, 0.2) is 18.2 Å². The maximum absolute atomic E-state index is 12.4. The van der Waals surface area contributed by atoms with Crippen LogP contribution in [0.1, 0.15) is 15.9 Å². The van der Waals surface area contributed by atoms with Gasteiger partial charge in [-0.1, -0.05) is 0 Å². The van der Waals surface area contributed by atoms with Crippen molar-refractivity contribution in [2.45, 2.75) is 6.18 Å². The maximum Gasteiger partial charge on any atom is 0.417 e. The van der Waals surface area contributed by atoms with Gasteiger partial charge in [0.25, 0.3) is 0 Å². The van der Waals surface area contributed by atoms with Crippen LogP contribution in [0.25, 0.3) is 0 Å². The molecular weight excluding hydrogens is 213 g/mol. The quantitative estimate of drug-likeness (QED) is 0.731. The molecule has 82 valence electrons. The number of nitrogens with two attached hydrogens (primary N) is 2. The average Bonchev–Trinajstić information content (AvgIpc) is 2.15. The molecule has 4 nitrogen and oxygen atoms in total. The Bertz CT molecular complexity index is 390. The second kappa shape index (κ2) is 3.77. The maximum atomic E-state index is 12.4. The molecule has 1 aromatic carbocycles. The Morgan fingerprint density at radius 3 is 2.33 bits per heavy atom. The highest BCUT2D eigenvalue weighted by atomic mass is 19.4. The standard InChI is InChI=1S/C8H7F3N2O2/c9-8(10,11)6-3-4(15-13)1-2-5(6)7(12)14/h1-3H,13H2,(H2,12,14). The minimum atomic E-state index is -4.68. The first-order valence-corrected chi connectivity index (χ1v) is 3.74. The Morgan fingerprint density at radius 2 is 1.93 bits per heavy atom. The zero-order valence-corrected chi connectivity index (χ0v) is 7.34. The van der Waals surface area contributed by atoms with Crippen LogP contribution in [0.4, 0.5) is 13.2 Å². The summed E-state index contributed by atoms with van der Waals surface area (Å²) in [5.41, 5.74) is 3.00. The van der Waals surface area contributed by atoms with Crippen LogP contribution in [-0.4, -0.2) is 5.91 Å². The van der Waals surface area contributed by atoms with Gasteiger partial charge in [-0.2, -0.15) is 19.1 Å². The summed E-state index contributed by atoms with van der Waals surface area (Å²) >= 11 is 0. The molecule has 0 aliphatic heterocycles. The topological polar surface area (TPSA) is 78.3 Å². The number of rotatable bonds is 2. The van der Waals surface area contributed by atoms with Crippen LogP contribution in [-0.2, 0) is 6.18 Å². The summed E-state index contributed by atoms with van der Waals surface area (Å²) in [6.07, 6.45) is -4.68. The molecule has 4 N–H and O–H groups in total. The Balaban J connectivity index is 3.36. The number of hydrogen-bond acceptors (Lipinski definition) is 3. The van der Waals surface area contributed by atoms with Gasteiger partial charge in [-0.05, 0) is 18.2 Å². The van der Waals surface area contributed by atoms with E-state index >= 15 is 0 Å². The summed E-state index contributed by atoms with van der Waals surface area (Å²) in [7, 11) is 0. The van der Waals surface area contributed by atoms with Crippen molar-refractivity contribution in [3.63, 3.8) is 0 Å². The number of amides is 1. The monoisotopic (exact) mass is 220 g/mol. The molecule has 1 amide bonds. The first kappa shape index (κ1) is 11.3. The molecule has 1 aromatic rings. The van der Waals surface area contributed by atoms with E-state index < -0.39 is 23.2 Å². The van der Waals surface area contributed by atoms with Gasteiger partial charge in [-0.3, -0.25) is 4.79 Å². The van der Waals surface area contributed by atoms with Crippen LogP contribution >= 0.6 is 0 Å². The predicted molar refractivity (Wildman–Crippen MR) is 44.8 cm³/mol. The number of carbonyl (C=O) groups is 1. The first-order valence-electron chi connectivity index (χ1n) is 3.74. The van der Waals surface area contributed by atoms with Gasteiger partial charge in [0.05, 0.1) is 11.1 Å². The fraction of sp³-hybridized carbons (Fsp3) is 0.125. The summed E-state index contributed by atoms with van der Waals surface area (Å²) in [5, 5.41) is 0. The molecule has 0 aliphatic carbocycles. The lowest BCUT2D eigenvalue weighted by molar-refractivity contribution is -0.138. The third kappa shape index (κ3) is 2.38. The third-order valence-corrected chi connectivity index (χ3v) is 1.70. The lowest BCUT2D eigenvalue weighted by Crippen LogP contribution is -2.19. The molecule has 0 spiro atoms. The Labute approximate surface area is 82.6 Å². The third-order valence-electron chi connectivity index (χ3n) is 1.70. The number of carbonyl (C=O) groups excluding carboxylic acids is 1. The molecule has 7 heteroatoms. The number of halogens is 3. The van der Waals surface area contributed by atoms with Crippen molar-refractivity contribution < 1.29 is 22.8 Å². The fourth-order valence-corrected chi connectivity index (χ4v) is 1.05. The van der Waals surface area contributed by atoms with Crippen molar-refractivity contribution in [1.82, 2.24) is 0 Å². The van der Waals surface area contributed by atoms with Crippen LogP contribution < -0.4 is 16.5 Å². The van der Waals surface area contributed by atoms with Gasteiger partial charge < -0.3 is 10.6 Å². The van der Waals surface area contributed by atoms with E-state index in [1.54, 1.807) is 0 Å². The van der Waals surface area contributed by atoms with E-state index in [0.29, 0.717) is 6.07 Å². The molecule has 0 aliphatic rings. The first-order chi connectivity index (χ1) is 6.86. The molecule has 0 heterocycles. The minimum absolute atomic E-state index is 0.202. The number of benzene rings is 1. The summed E-state index contributed by atoms with van der Waals surface area (Å²) in [5.74, 6) is 3.34. The Kier molecular flexibility index (Phi) is 2.85. The Hall–Kier alpha value is -1.76. The van der Waals surface area contributed by atoms with E-state index in [2.05, 4.69) is 4.84 Å². The van der Waals surface area contributed by atoms with Gasteiger partial charge in [-0.15, -0.1) is 0 Å². The highest BCUT2D eigenvalue weighted by Crippen LogP contribution is 2.33. The van der Waals surface area contributed by atoms with Crippen LogP contribution in [0.5, 0.6) is 5.75 Å². The lowest BCUT2D eigenvalue weighted by Gasteiger charge is -2.11. The van der Waals surface area contributed by atoms with Gasteiger partial charge >= 0.3 is 6.18 Å². The minimum Gasteiger partial charge on any atom is -0.412 e. The Morgan fingerprint density at radius 1 is 1.33 bits per heavy atom. The molecule has 0 unspecified atom stereocenters. The van der Waals surface area contributed by atoms with Crippen molar-refractivity contribution in [3.05, 3.63) is 29.3 Å². The molecule has 0 atom stereocenters. The normalized spacial score (nSPS) is 11.2. The van der Waals surface area contributed by atoms with E-state index in [0.717, 1.165) is 12.1 Å². The number of primary amides is 1.